The molecule has 1 atom stereocenters. The number of hydrogen-bond donors (Lipinski definition) is 1. The van der Waals surface area contributed by atoms with Gasteiger partial charge in [-0.05, 0) is 47.7 Å². The monoisotopic (exact) mass is 385 g/mol. The van der Waals surface area contributed by atoms with Crippen LogP contribution >= 0.6 is 0 Å². The number of hydrogen-bond acceptors (Lipinski definition) is 3. The summed E-state index contributed by atoms with van der Waals surface area (Å²) in [6.45, 7) is 1.18. The summed E-state index contributed by atoms with van der Waals surface area (Å²) >= 11 is 0. The summed E-state index contributed by atoms with van der Waals surface area (Å²) in [5.41, 5.74) is 2.02. The van der Waals surface area contributed by atoms with Crippen molar-refractivity contribution >= 4 is 10.1 Å². The Bertz CT molecular complexity index is 926. The number of fused-ring (bicyclic) bond motifs is 2. The van der Waals surface area contributed by atoms with Crippen LogP contribution in [0, 0.1) is 0 Å². The second-order valence-electron chi connectivity index (χ2n) is 6.41. The molecule has 2 aliphatic rings. The highest BCUT2D eigenvalue weighted by Crippen LogP contribution is 2.44. The molecule has 0 saturated heterocycles. The average Bonchev–Trinajstić information content (AvgIpc) is 2.57. The van der Waals surface area contributed by atoms with E-state index in [2.05, 4.69) is 54.4 Å². The maximum Gasteiger partial charge on any atom is 0.522 e. The van der Waals surface area contributed by atoms with Crippen molar-refractivity contribution in [2.75, 3.05) is 13.6 Å². The highest BCUT2D eigenvalue weighted by molar-refractivity contribution is 7.86. The van der Waals surface area contributed by atoms with E-state index >= 15 is 0 Å². The van der Waals surface area contributed by atoms with Crippen molar-refractivity contribution < 1.29 is 26.1 Å². The third kappa shape index (κ3) is 3.49. The molecule has 0 bridgehead atoms. The molecule has 2 aromatic rings. The van der Waals surface area contributed by atoms with Crippen LogP contribution in [-0.4, -0.2) is 37.0 Å². The Balaban J connectivity index is 0.000000211. The van der Waals surface area contributed by atoms with Gasteiger partial charge in [-0.25, -0.2) is 0 Å². The van der Waals surface area contributed by atoms with Crippen LogP contribution in [0.3, 0.4) is 0 Å². The zero-order valence-corrected chi connectivity index (χ0v) is 14.8. The predicted molar refractivity (Wildman–Crippen MR) is 92.3 cm³/mol. The average molecular weight is 385 g/mol. The molecule has 1 aliphatic carbocycles. The Hall–Kier alpha value is -1.90. The third-order valence-corrected chi connectivity index (χ3v) is 5.39. The van der Waals surface area contributed by atoms with Crippen LogP contribution in [0.5, 0.6) is 0 Å². The van der Waals surface area contributed by atoms with Crippen LogP contribution in [0.4, 0.5) is 13.2 Å². The fourth-order valence-corrected chi connectivity index (χ4v) is 3.56. The van der Waals surface area contributed by atoms with Gasteiger partial charge in [0.25, 0.3) is 0 Å². The zero-order chi connectivity index (χ0) is 19.1. The molecule has 0 spiro atoms. The van der Waals surface area contributed by atoms with Crippen molar-refractivity contribution in [2.24, 2.45) is 0 Å². The van der Waals surface area contributed by atoms with E-state index in [1.54, 1.807) is 11.1 Å². The van der Waals surface area contributed by atoms with Crippen molar-refractivity contribution in [3.8, 4) is 11.1 Å². The summed E-state index contributed by atoms with van der Waals surface area (Å²) in [6, 6.07) is 16.3. The quantitative estimate of drug-likeness (QED) is 0.553. The lowest BCUT2D eigenvalue weighted by Gasteiger charge is -2.39. The summed E-state index contributed by atoms with van der Waals surface area (Å²) in [5, 5.41) is 0. The summed E-state index contributed by atoms with van der Waals surface area (Å²) in [6.07, 6.45) is 2.36. The first-order valence-electron chi connectivity index (χ1n) is 8.03. The zero-order valence-electron chi connectivity index (χ0n) is 14.0. The second kappa shape index (κ2) is 6.68. The molecular formula is C18H18F3NO3S. The Kier molecular flexibility index (Phi) is 4.85. The number of benzene rings is 2. The van der Waals surface area contributed by atoms with Crippen LogP contribution in [0.2, 0.25) is 0 Å². The predicted octanol–water partition coefficient (Wildman–Crippen LogP) is 3.83. The minimum Gasteiger partial charge on any atom is -0.299 e. The minimum atomic E-state index is -5.84. The molecule has 1 aliphatic heterocycles. The standard InChI is InChI=1S/C17H17N.CHF3O3S/c1-18-10-9-12-6-4-8-15-14-7-3-2-5-13(14)11-16(18)17(12)15;2-1(3,4)8(5,6)7/h2-8,16H,9-11H2,1H3;(H,5,6,7). The summed E-state index contributed by atoms with van der Waals surface area (Å²) in [4.78, 5) is 2.52. The highest BCUT2D eigenvalue weighted by Gasteiger charge is 2.44. The fourth-order valence-electron chi connectivity index (χ4n) is 3.56. The van der Waals surface area contributed by atoms with E-state index < -0.39 is 15.6 Å². The van der Waals surface area contributed by atoms with Gasteiger partial charge in [0.1, 0.15) is 0 Å². The molecule has 1 unspecified atom stereocenters. The maximum absolute atomic E-state index is 10.7. The second-order valence-corrected chi connectivity index (χ2v) is 7.82. The molecule has 2 aromatic carbocycles. The van der Waals surface area contributed by atoms with Crippen LogP contribution in [-0.2, 0) is 23.0 Å². The van der Waals surface area contributed by atoms with Gasteiger partial charge in [-0.1, -0.05) is 42.5 Å². The lowest BCUT2D eigenvalue weighted by molar-refractivity contribution is -0.0510. The van der Waals surface area contributed by atoms with E-state index in [1.807, 2.05) is 0 Å². The van der Waals surface area contributed by atoms with Gasteiger partial charge in [-0.2, -0.15) is 21.6 Å². The van der Waals surface area contributed by atoms with E-state index in [1.165, 1.54) is 29.7 Å². The van der Waals surface area contributed by atoms with Gasteiger partial charge in [-0.3, -0.25) is 9.45 Å². The Morgan fingerprint density at radius 3 is 2.27 bits per heavy atom. The molecule has 140 valence electrons. The van der Waals surface area contributed by atoms with Crippen molar-refractivity contribution in [2.45, 2.75) is 24.4 Å². The molecule has 26 heavy (non-hydrogen) atoms. The smallest absolute Gasteiger partial charge is 0.299 e. The Morgan fingerprint density at radius 2 is 1.62 bits per heavy atom. The van der Waals surface area contributed by atoms with E-state index in [4.69, 9.17) is 13.0 Å². The minimum absolute atomic E-state index is 0.583. The van der Waals surface area contributed by atoms with Crippen LogP contribution < -0.4 is 0 Å². The van der Waals surface area contributed by atoms with Gasteiger partial charge in [0.05, 0.1) is 0 Å². The van der Waals surface area contributed by atoms with Gasteiger partial charge in [-0.15, -0.1) is 0 Å². The van der Waals surface area contributed by atoms with E-state index in [-0.39, 0.29) is 0 Å². The van der Waals surface area contributed by atoms with Crippen LogP contribution in [0.1, 0.15) is 22.7 Å². The van der Waals surface area contributed by atoms with Crippen molar-refractivity contribution in [1.82, 2.24) is 4.90 Å². The molecular weight excluding hydrogens is 367 g/mol. The normalized spacial score (nSPS) is 19.0. The number of halogens is 3. The van der Waals surface area contributed by atoms with E-state index in [0.717, 1.165) is 6.42 Å². The van der Waals surface area contributed by atoms with E-state index in [9.17, 15) is 13.2 Å². The summed E-state index contributed by atoms with van der Waals surface area (Å²) < 4.78 is 57.5. The van der Waals surface area contributed by atoms with Crippen molar-refractivity contribution in [3.05, 3.63) is 59.2 Å². The molecule has 0 radical (unpaired) electrons. The van der Waals surface area contributed by atoms with Gasteiger partial charge in [0.2, 0.25) is 0 Å². The number of nitrogens with zero attached hydrogens (tertiary/aromatic N) is 1. The molecule has 1 heterocycles. The molecule has 8 heteroatoms. The first kappa shape index (κ1) is 18.9. The fraction of sp³-hybridized carbons (Fsp3) is 0.333. The Labute approximate surface area is 150 Å². The van der Waals surface area contributed by atoms with Crippen LogP contribution in [0.25, 0.3) is 11.1 Å². The van der Waals surface area contributed by atoms with Gasteiger partial charge in [0.15, 0.2) is 0 Å². The molecule has 0 saturated carbocycles. The largest absolute Gasteiger partial charge is 0.522 e. The number of likely N-dealkylation sites (N-methyl/N-ethyl adjacent to an activating group) is 1. The first-order chi connectivity index (χ1) is 12.1. The van der Waals surface area contributed by atoms with Crippen molar-refractivity contribution in [1.29, 1.82) is 0 Å². The molecule has 4 rings (SSSR count). The highest BCUT2D eigenvalue weighted by atomic mass is 32.2. The van der Waals surface area contributed by atoms with Crippen LogP contribution in [0.15, 0.2) is 42.5 Å². The number of alkyl halides is 3. The lowest BCUT2D eigenvalue weighted by Crippen LogP contribution is -2.35. The van der Waals surface area contributed by atoms with Crippen molar-refractivity contribution in [3.63, 3.8) is 0 Å². The Morgan fingerprint density at radius 1 is 1.04 bits per heavy atom. The third-order valence-electron chi connectivity index (χ3n) is 4.81. The van der Waals surface area contributed by atoms with E-state index in [0.29, 0.717) is 6.04 Å². The summed E-state index contributed by atoms with van der Waals surface area (Å²) in [7, 11) is -3.58. The SMILES string of the molecule is CN1CCc2cccc3c2C1Cc1ccccc1-3.O=S(=O)(O)C(F)(F)F. The molecule has 0 fully saturated rings. The van der Waals surface area contributed by atoms with Gasteiger partial charge >= 0.3 is 15.6 Å². The topological polar surface area (TPSA) is 57.6 Å². The molecule has 4 nitrogen and oxygen atoms in total. The summed E-state index contributed by atoms with van der Waals surface area (Å²) in [5.74, 6) is 0. The van der Waals surface area contributed by atoms with Gasteiger partial charge < -0.3 is 0 Å². The molecule has 0 aromatic heterocycles. The molecule has 0 amide bonds. The first-order valence-corrected chi connectivity index (χ1v) is 9.47. The van der Waals surface area contributed by atoms with Gasteiger partial charge in [0, 0.05) is 12.6 Å². The molecule has 1 N–H and O–H groups in total. The lowest BCUT2D eigenvalue weighted by atomic mass is 9.77. The number of rotatable bonds is 0. The maximum atomic E-state index is 10.7.